The van der Waals surface area contributed by atoms with Gasteiger partial charge in [0.2, 0.25) is 11.8 Å². The van der Waals surface area contributed by atoms with Crippen LogP contribution >= 0.6 is 34.8 Å². The van der Waals surface area contributed by atoms with Crippen LogP contribution in [0.2, 0.25) is 15.1 Å². The lowest BCUT2D eigenvalue weighted by atomic mass is 10.2. The van der Waals surface area contributed by atoms with E-state index in [1.807, 2.05) is 6.07 Å². The van der Waals surface area contributed by atoms with E-state index in [0.29, 0.717) is 32.7 Å². The van der Waals surface area contributed by atoms with Gasteiger partial charge in [-0.3, -0.25) is 9.59 Å². The number of hydrogen-bond acceptors (Lipinski definition) is 3. The molecule has 0 atom stereocenters. The second kappa shape index (κ2) is 10.2. The largest absolute Gasteiger partial charge is 0.326 e. The molecule has 5 nitrogen and oxygen atoms in total. The van der Waals surface area contributed by atoms with Crippen molar-refractivity contribution in [3.8, 4) is 0 Å². The van der Waals surface area contributed by atoms with E-state index < -0.39 is 0 Å². The van der Waals surface area contributed by atoms with Crippen LogP contribution in [-0.4, -0.2) is 18.0 Å². The molecule has 0 unspecified atom stereocenters. The smallest absolute Gasteiger partial charge is 0.240 e. The van der Waals surface area contributed by atoms with Gasteiger partial charge in [0.25, 0.3) is 0 Å². The minimum absolute atomic E-state index is 0.175. The third kappa shape index (κ3) is 6.67. The zero-order chi connectivity index (χ0) is 18.9. The van der Waals surface area contributed by atoms with Gasteiger partial charge in [0.1, 0.15) is 0 Å². The van der Waals surface area contributed by atoms with Gasteiger partial charge >= 0.3 is 0 Å². The molecule has 2 N–H and O–H groups in total. The Labute approximate surface area is 166 Å². The highest BCUT2D eigenvalue weighted by atomic mass is 35.5. The van der Waals surface area contributed by atoms with Crippen LogP contribution < -0.4 is 10.7 Å². The molecule has 2 aromatic rings. The van der Waals surface area contributed by atoms with Gasteiger partial charge < -0.3 is 5.32 Å². The highest BCUT2D eigenvalue weighted by molar-refractivity contribution is 6.42. The van der Waals surface area contributed by atoms with Crippen LogP contribution in [0.15, 0.2) is 47.6 Å². The summed E-state index contributed by atoms with van der Waals surface area (Å²) >= 11 is 17.7. The molecule has 0 aliphatic rings. The van der Waals surface area contributed by atoms with Gasteiger partial charge in [-0.25, -0.2) is 5.43 Å². The van der Waals surface area contributed by atoms with Crippen LogP contribution in [0.3, 0.4) is 0 Å². The summed E-state index contributed by atoms with van der Waals surface area (Å²) in [6.07, 6.45) is 2.23. The zero-order valence-electron chi connectivity index (χ0n) is 13.6. The molecule has 2 amide bonds. The number of halogens is 3. The highest BCUT2D eigenvalue weighted by Gasteiger charge is 2.07. The summed E-state index contributed by atoms with van der Waals surface area (Å²) in [7, 11) is 0. The standard InChI is InChI=1S/C18H16Cl3N3O2/c19-14-5-2-1-4-12(14)11-22-24-18(26)7-3-6-17(25)23-13-8-9-15(20)16(21)10-13/h1-2,4-5,8-11H,3,6-7H2,(H,23,25)(H,24,26)/b22-11-. The summed E-state index contributed by atoms with van der Waals surface area (Å²) in [5.41, 5.74) is 3.66. The third-order valence-electron chi connectivity index (χ3n) is 3.31. The van der Waals surface area contributed by atoms with E-state index in [2.05, 4.69) is 15.8 Å². The predicted molar refractivity (Wildman–Crippen MR) is 106 cm³/mol. The lowest BCUT2D eigenvalue weighted by molar-refractivity contribution is -0.121. The van der Waals surface area contributed by atoms with Crippen LogP contribution in [0.1, 0.15) is 24.8 Å². The number of anilines is 1. The number of nitrogens with one attached hydrogen (secondary N) is 2. The highest BCUT2D eigenvalue weighted by Crippen LogP contribution is 2.25. The fourth-order valence-corrected chi connectivity index (χ4v) is 2.50. The minimum Gasteiger partial charge on any atom is -0.326 e. The Morgan fingerprint density at radius 1 is 0.923 bits per heavy atom. The Bertz CT molecular complexity index is 825. The van der Waals surface area contributed by atoms with E-state index in [1.54, 1.807) is 36.4 Å². The number of carbonyl (C=O) groups excluding carboxylic acids is 2. The number of benzene rings is 2. The van der Waals surface area contributed by atoms with E-state index in [1.165, 1.54) is 6.21 Å². The molecule has 0 aliphatic carbocycles. The van der Waals surface area contributed by atoms with Gasteiger partial charge in [-0.2, -0.15) is 5.10 Å². The molecule has 136 valence electrons. The van der Waals surface area contributed by atoms with Crippen LogP contribution in [0.25, 0.3) is 0 Å². The van der Waals surface area contributed by atoms with E-state index in [-0.39, 0.29) is 24.7 Å². The summed E-state index contributed by atoms with van der Waals surface area (Å²) in [6, 6.07) is 12.0. The fraction of sp³-hybridized carbons (Fsp3) is 0.167. The molecule has 0 spiro atoms. The van der Waals surface area contributed by atoms with Crippen molar-refractivity contribution in [2.45, 2.75) is 19.3 Å². The zero-order valence-corrected chi connectivity index (χ0v) is 15.9. The van der Waals surface area contributed by atoms with E-state index >= 15 is 0 Å². The first-order valence-electron chi connectivity index (χ1n) is 7.77. The molecular weight excluding hydrogens is 397 g/mol. The van der Waals surface area contributed by atoms with Gasteiger partial charge in [0, 0.05) is 29.1 Å². The third-order valence-corrected chi connectivity index (χ3v) is 4.39. The Hall–Kier alpha value is -2.08. The minimum atomic E-state index is -0.282. The summed E-state index contributed by atoms with van der Waals surface area (Å²) in [5.74, 6) is -0.494. The van der Waals surface area contributed by atoms with Crippen LogP contribution in [0.5, 0.6) is 0 Å². The molecule has 0 saturated heterocycles. The lowest BCUT2D eigenvalue weighted by Crippen LogP contribution is -2.18. The maximum absolute atomic E-state index is 11.9. The van der Waals surface area contributed by atoms with Crippen molar-refractivity contribution in [3.63, 3.8) is 0 Å². The average Bonchev–Trinajstić information content (AvgIpc) is 2.60. The predicted octanol–water partition coefficient (Wildman–Crippen LogP) is 4.91. The number of hydrogen-bond donors (Lipinski definition) is 2. The first kappa shape index (κ1) is 20.2. The van der Waals surface area contributed by atoms with Gasteiger partial charge in [-0.05, 0) is 30.7 Å². The summed E-state index contributed by atoms with van der Waals surface area (Å²) in [5, 5.41) is 7.87. The Morgan fingerprint density at radius 2 is 1.65 bits per heavy atom. The van der Waals surface area contributed by atoms with Crippen molar-refractivity contribution in [2.75, 3.05) is 5.32 Å². The normalized spacial score (nSPS) is 10.7. The molecule has 0 radical (unpaired) electrons. The molecule has 2 rings (SSSR count). The van der Waals surface area contributed by atoms with Crippen LogP contribution in [-0.2, 0) is 9.59 Å². The molecule has 0 heterocycles. The first-order chi connectivity index (χ1) is 12.5. The van der Waals surface area contributed by atoms with Crippen molar-refractivity contribution in [3.05, 3.63) is 63.1 Å². The maximum Gasteiger partial charge on any atom is 0.240 e. The molecular formula is C18H16Cl3N3O2. The molecule has 0 aliphatic heterocycles. The number of amides is 2. The fourth-order valence-electron chi connectivity index (χ4n) is 2.02. The van der Waals surface area contributed by atoms with Crippen molar-refractivity contribution in [1.29, 1.82) is 0 Å². The summed E-state index contributed by atoms with van der Waals surface area (Å²) in [4.78, 5) is 23.6. The Kier molecular flexibility index (Phi) is 7.91. The van der Waals surface area contributed by atoms with Gasteiger partial charge in [0.15, 0.2) is 0 Å². The van der Waals surface area contributed by atoms with Crippen LogP contribution in [0, 0.1) is 0 Å². The average molecular weight is 413 g/mol. The lowest BCUT2D eigenvalue weighted by Gasteiger charge is -2.06. The second-order valence-electron chi connectivity index (χ2n) is 5.35. The van der Waals surface area contributed by atoms with E-state index in [9.17, 15) is 9.59 Å². The number of nitrogens with zero attached hydrogens (tertiary/aromatic N) is 1. The summed E-state index contributed by atoms with van der Waals surface area (Å²) in [6.45, 7) is 0. The van der Waals surface area contributed by atoms with Crippen molar-refractivity contribution in [1.82, 2.24) is 5.43 Å². The Morgan fingerprint density at radius 3 is 2.38 bits per heavy atom. The quantitative estimate of drug-likeness (QED) is 0.501. The van der Waals surface area contributed by atoms with Crippen molar-refractivity contribution in [2.24, 2.45) is 5.10 Å². The van der Waals surface area contributed by atoms with Crippen molar-refractivity contribution >= 4 is 58.5 Å². The molecule has 26 heavy (non-hydrogen) atoms. The topological polar surface area (TPSA) is 70.6 Å². The molecule has 0 aromatic heterocycles. The molecule has 8 heteroatoms. The van der Waals surface area contributed by atoms with Crippen molar-refractivity contribution < 1.29 is 9.59 Å². The monoisotopic (exact) mass is 411 g/mol. The van der Waals surface area contributed by atoms with Gasteiger partial charge in [-0.15, -0.1) is 0 Å². The molecule has 0 bridgehead atoms. The molecule has 2 aromatic carbocycles. The first-order valence-corrected chi connectivity index (χ1v) is 8.90. The van der Waals surface area contributed by atoms with Gasteiger partial charge in [0.05, 0.1) is 16.3 Å². The Balaban J connectivity index is 1.70. The van der Waals surface area contributed by atoms with E-state index in [4.69, 9.17) is 34.8 Å². The van der Waals surface area contributed by atoms with Gasteiger partial charge in [-0.1, -0.05) is 53.0 Å². The molecule has 0 saturated carbocycles. The van der Waals surface area contributed by atoms with Crippen LogP contribution in [0.4, 0.5) is 5.69 Å². The summed E-state index contributed by atoms with van der Waals surface area (Å²) < 4.78 is 0. The molecule has 0 fully saturated rings. The SMILES string of the molecule is O=C(CCCC(=O)Nc1ccc(Cl)c(Cl)c1)N/N=C\c1ccccc1Cl. The number of rotatable bonds is 7. The number of carbonyl (C=O) groups is 2. The van der Waals surface area contributed by atoms with E-state index in [0.717, 1.165) is 0 Å². The second-order valence-corrected chi connectivity index (χ2v) is 6.57. The maximum atomic E-state index is 11.9. The number of hydrazone groups is 1.